The van der Waals surface area contributed by atoms with Crippen molar-refractivity contribution >= 4 is 39.8 Å². The molecule has 0 saturated heterocycles. The van der Waals surface area contributed by atoms with Crippen molar-refractivity contribution in [3.05, 3.63) is 57.9 Å². The Hall–Kier alpha value is -2.93. The molecule has 0 spiro atoms. The molecule has 1 N–H and O–H groups in total. The second-order valence-corrected chi connectivity index (χ2v) is 9.17. The zero-order chi connectivity index (χ0) is 22.3. The molecular weight excluding hydrogens is 406 g/mol. The Morgan fingerprint density at radius 3 is 2.48 bits per heavy atom. The predicted octanol–water partition coefficient (Wildman–Crippen LogP) is 5.52. The topological polar surface area (TPSA) is 73.8 Å². The second kappa shape index (κ2) is 8.30. The predicted molar refractivity (Wildman–Crippen MR) is 129 cm³/mol. The van der Waals surface area contributed by atoms with E-state index in [-0.39, 0.29) is 17.3 Å². The van der Waals surface area contributed by atoms with Crippen LogP contribution in [0.15, 0.2) is 39.9 Å². The molecule has 3 heterocycles. The van der Waals surface area contributed by atoms with Crippen molar-refractivity contribution in [1.29, 1.82) is 5.41 Å². The van der Waals surface area contributed by atoms with Gasteiger partial charge in [-0.2, -0.15) is 15.1 Å². The molecule has 6 nitrogen and oxygen atoms in total. The van der Waals surface area contributed by atoms with E-state index in [4.69, 9.17) is 5.41 Å². The fraction of sp³-hybridized carbons (Fsp3) is 0.333. The molecule has 4 rings (SSSR count). The van der Waals surface area contributed by atoms with Gasteiger partial charge in [-0.15, -0.1) is 0 Å². The lowest BCUT2D eigenvalue weighted by molar-refractivity contribution is -0.114. The van der Waals surface area contributed by atoms with E-state index >= 15 is 0 Å². The molecule has 2 aliphatic heterocycles. The SMILES string of the molecule is CCCCC1=NN2C(=N)C(=Cc3cc(C)n(-c4cc(C)cc(C)c4)c3C)C(=O)N=C2S1. The number of nitrogens with zero attached hydrogens (tertiary/aromatic N) is 4. The maximum Gasteiger partial charge on any atom is 0.283 e. The molecule has 2 aliphatic rings. The highest BCUT2D eigenvalue weighted by atomic mass is 32.2. The van der Waals surface area contributed by atoms with E-state index in [0.717, 1.165) is 46.9 Å². The van der Waals surface area contributed by atoms with Gasteiger partial charge in [0.1, 0.15) is 5.04 Å². The maximum absolute atomic E-state index is 12.7. The minimum atomic E-state index is -0.383. The monoisotopic (exact) mass is 433 g/mol. The Balaban J connectivity index is 1.70. The number of amides is 1. The van der Waals surface area contributed by atoms with E-state index in [0.29, 0.717) is 5.17 Å². The summed E-state index contributed by atoms with van der Waals surface area (Å²) < 4.78 is 2.19. The van der Waals surface area contributed by atoms with Gasteiger partial charge in [0.2, 0.25) is 5.17 Å². The highest BCUT2D eigenvalue weighted by Gasteiger charge is 2.35. The number of amidine groups is 2. The number of hydrogen-bond donors (Lipinski definition) is 1. The zero-order valence-electron chi connectivity index (χ0n) is 18.6. The first-order valence-electron chi connectivity index (χ1n) is 10.5. The fourth-order valence-electron chi connectivity index (χ4n) is 4.03. The van der Waals surface area contributed by atoms with Crippen LogP contribution in [-0.4, -0.2) is 31.5 Å². The molecular formula is C24H27N5OS. The third-order valence-corrected chi connectivity index (χ3v) is 6.44. The Morgan fingerprint density at radius 1 is 1.10 bits per heavy atom. The molecule has 1 amide bonds. The number of aromatic nitrogens is 1. The van der Waals surface area contributed by atoms with Crippen LogP contribution in [-0.2, 0) is 4.79 Å². The minimum Gasteiger partial charge on any atom is -0.318 e. The quantitative estimate of drug-likeness (QED) is 0.631. The molecule has 1 aromatic carbocycles. The number of unbranched alkanes of at least 4 members (excludes halogenated alkanes) is 1. The normalized spacial score (nSPS) is 17.3. The lowest BCUT2D eigenvalue weighted by Gasteiger charge is -2.20. The van der Waals surface area contributed by atoms with Crippen molar-refractivity contribution in [2.45, 2.75) is 53.9 Å². The van der Waals surface area contributed by atoms with Gasteiger partial charge in [-0.05, 0) is 93.3 Å². The first-order valence-corrected chi connectivity index (χ1v) is 11.4. The summed E-state index contributed by atoms with van der Waals surface area (Å²) in [7, 11) is 0. The summed E-state index contributed by atoms with van der Waals surface area (Å²) in [6.07, 6.45) is 4.72. The summed E-state index contributed by atoms with van der Waals surface area (Å²) in [5, 5.41) is 16.0. The lowest BCUT2D eigenvalue weighted by atomic mass is 10.1. The minimum absolute atomic E-state index is 0.0881. The third kappa shape index (κ3) is 4.02. The number of aryl methyl sites for hydroxylation is 3. The average Bonchev–Trinajstić information content (AvgIpc) is 3.22. The van der Waals surface area contributed by atoms with Gasteiger partial charge in [-0.1, -0.05) is 19.4 Å². The first kappa shape index (κ1) is 21.3. The molecule has 0 radical (unpaired) electrons. The Morgan fingerprint density at radius 2 is 1.81 bits per heavy atom. The largest absolute Gasteiger partial charge is 0.318 e. The second-order valence-electron chi connectivity index (χ2n) is 8.13. The Kier molecular flexibility index (Phi) is 5.71. The summed E-state index contributed by atoms with van der Waals surface area (Å²) in [4.78, 5) is 16.9. The molecule has 1 aromatic heterocycles. The first-order chi connectivity index (χ1) is 14.8. The van der Waals surface area contributed by atoms with Crippen molar-refractivity contribution < 1.29 is 4.79 Å². The fourth-order valence-corrected chi connectivity index (χ4v) is 4.95. The van der Waals surface area contributed by atoms with Gasteiger partial charge in [0.05, 0.1) is 5.57 Å². The number of hydrazone groups is 1. The van der Waals surface area contributed by atoms with Gasteiger partial charge in [0, 0.05) is 17.1 Å². The summed E-state index contributed by atoms with van der Waals surface area (Å²) in [6, 6.07) is 8.51. The van der Waals surface area contributed by atoms with Crippen LogP contribution in [0.1, 0.15) is 54.3 Å². The summed E-state index contributed by atoms with van der Waals surface area (Å²) >= 11 is 1.39. The lowest BCUT2D eigenvalue weighted by Crippen LogP contribution is -2.35. The third-order valence-electron chi connectivity index (χ3n) is 5.48. The number of nitrogens with one attached hydrogen (secondary N) is 1. The summed E-state index contributed by atoms with van der Waals surface area (Å²) in [6.45, 7) is 10.4. The molecule has 0 aliphatic carbocycles. The summed E-state index contributed by atoms with van der Waals surface area (Å²) in [5.74, 6) is -0.294. The highest BCUT2D eigenvalue weighted by Crippen LogP contribution is 2.31. The van der Waals surface area contributed by atoms with Gasteiger partial charge in [-0.25, -0.2) is 0 Å². The van der Waals surface area contributed by atoms with Gasteiger partial charge in [0.25, 0.3) is 5.91 Å². The molecule has 0 bridgehead atoms. The number of carbonyl (C=O) groups excluding carboxylic acids is 1. The smallest absolute Gasteiger partial charge is 0.283 e. The van der Waals surface area contributed by atoms with Crippen LogP contribution in [0.4, 0.5) is 0 Å². The van der Waals surface area contributed by atoms with Crippen molar-refractivity contribution in [2.24, 2.45) is 10.1 Å². The number of fused-ring (bicyclic) bond motifs is 1. The van der Waals surface area contributed by atoms with Crippen molar-refractivity contribution in [3.63, 3.8) is 0 Å². The van der Waals surface area contributed by atoms with E-state index in [1.165, 1.54) is 27.9 Å². The number of benzene rings is 1. The molecule has 0 atom stereocenters. The maximum atomic E-state index is 12.7. The van der Waals surface area contributed by atoms with Crippen molar-refractivity contribution in [3.8, 4) is 5.69 Å². The van der Waals surface area contributed by atoms with Crippen LogP contribution in [0.2, 0.25) is 0 Å². The number of carbonyl (C=O) groups is 1. The van der Waals surface area contributed by atoms with Crippen molar-refractivity contribution in [1.82, 2.24) is 9.58 Å². The van der Waals surface area contributed by atoms with Crippen LogP contribution >= 0.6 is 11.8 Å². The van der Waals surface area contributed by atoms with E-state index in [9.17, 15) is 4.79 Å². The van der Waals surface area contributed by atoms with E-state index in [2.05, 4.69) is 66.6 Å². The van der Waals surface area contributed by atoms with E-state index in [1.54, 1.807) is 6.08 Å². The molecule has 0 unspecified atom stereocenters. The van der Waals surface area contributed by atoms with Crippen LogP contribution in [0.5, 0.6) is 0 Å². The zero-order valence-corrected chi connectivity index (χ0v) is 19.4. The van der Waals surface area contributed by atoms with E-state index in [1.807, 2.05) is 6.92 Å². The molecule has 31 heavy (non-hydrogen) atoms. The van der Waals surface area contributed by atoms with Gasteiger partial charge in [0.15, 0.2) is 5.84 Å². The number of thioether (sulfide) groups is 1. The van der Waals surface area contributed by atoms with Crippen LogP contribution < -0.4 is 0 Å². The van der Waals surface area contributed by atoms with Gasteiger partial charge in [-0.3, -0.25) is 10.2 Å². The van der Waals surface area contributed by atoms with Crippen molar-refractivity contribution in [2.75, 3.05) is 0 Å². The number of hydrogen-bond acceptors (Lipinski definition) is 4. The van der Waals surface area contributed by atoms with Gasteiger partial charge < -0.3 is 4.57 Å². The highest BCUT2D eigenvalue weighted by molar-refractivity contribution is 8.26. The van der Waals surface area contributed by atoms with Gasteiger partial charge >= 0.3 is 0 Å². The van der Waals surface area contributed by atoms with Crippen LogP contribution in [0.25, 0.3) is 11.8 Å². The molecule has 0 saturated carbocycles. The Bertz CT molecular complexity index is 1160. The summed E-state index contributed by atoms with van der Waals surface area (Å²) in [5.41, 5.74) is 6.78. The molecule has 0 fully saturated rings. The Labute approximate surface area is 187 Å². The van der Waals surface area contributed by atoms with Crippen LogP contribution in [0.3, 0.4) is 0 Å². The van der Waals surface area contributed by atoms with E-state index < -0.39 is 0 Å². The molecule has 160 valence electrons. The molecule has 7 heteroatoms. The molecule has 2 aromatic rings. The number of rotatable bonds is 5. The standard InChI is InChI=1S/C24H27N5OS/c1-6-7-8-21-27-29-22(25)20(23(30)26-24(29)31-21)13-18-12-16(4)28(17(18)5)19-10-14(2)9-15(3)11-19/h9-13,25H,6-8H2,1-5H3. The average molecular weight is 434 g/mol. The van der Waals surface area contributed by atoms with Crippen LogP contribution in [0, 0.1) is 33.1 Å². The number of aliphatic imine (C=N–C) groups is 1.